The van der Waals surface area contributed by atoms with Gasteiger partial charge in [-0.15, -0.1) is 11.3 Å². The van der Waals surface area contributed by atoms with E-state index in [2.05, 4.69) is 32.9 Å². The van der Waals surface area contributed by atoms with Crippen LogP contribution in [0.3, 0.4) is 0 Å². The van der Waals surface area contributed by atoms with Gasteiger partial charge in [0.25, 0.3) is 5.91 Å². The van der Waals surface area contributed by atoms with Crippen molar-refractivity contribution in [3.63, 3.8) is 0 Å². The van der Waals surface area contributed by atoms with Gasteiger partial charge in [-0.3, -0.25) is 10.1 Å². The minimum atomic E-state index is -0.227. The molecular weight excluding hydrogens is 438 g/mol. The Morgan fingerprint density at radius 2 is 1.92 bits per heavy atom. The van der Waals surface area contributed by atoms with Crippen LogP contribution in [0.5, 0.6) is 0 Å². The Morgan fingerprint density at radius 1 is 1.21 bits per heavy atom. The molecule has 6 heteroatoms. The minimum absolute atomic E-state index is 0.189. The summed E-state index contributed by atoms with van der Waals surface area (Å²) in [5.74, 6) is -0.416. The van der Waals surface area contributed by atoms with Crippen molar-refractivity contribution >= 4 is 45.0 Å². The first-order valence-corrected chi connectivity index (χ1v) is 9.19. The van der Waals surface area contributed by atoms with Crippen LogP contribution in [0.4, 0.5) is 9.52 Å². The molecule has 3 rings (SSSR count). The SMILES string of the molecule is Cc1nc(NC(=O)c2ccccc2I)sc1Cc1ccccc1F. The molecule has 0 atom stereocenters. The smallest absolute Gasteiger partial charge is 0.258 e. The van der Waals surface area contributed by atoms with Gasteiger partial charge in [0.05, 0.1) is 11.3 Å². The van der Waals surface area contributed by atoms with Gasteiger partial charge in [0.15, 0.2) is 5.13 Å². The third-order valence-electron chi connectivity index (χ3n) is 3.54. The van der Waals surface area contributed by atoms with E-state index in [-0.39, 0.29) is 11.7 Å². The number of nitrogens with one attached hydrogen (secondary N) is 1. The van der Waals surface area contributed by atoms with Gasteiger partial charge >= 0.3 is 0 Å². The highest BCUT2D eigenvalue weighted by molar-refractivity contribution is 14.1. The van der Waals surface area contributed by atoms with Crippen LogP contribution in [-0.4, -0.2) is 10.9 Å². The van der Waals surface area contributed by atoms with Crippen molar-refractivity contribution in [1.82, 2.24) is 4.98 Å². The summed E-state index contributed by atoms with van der Waals surface area (Å²) in [6, 6.07) is 14.1. The van der Waals surface area contributed by atoms with Gasteiger partial charge in [-0.25, -0.2) is 9.37 Å². The second kappa shape index (κ2) is 7.40. The Morgan fingerprint density at radius 3 is 2.67 bits per heavy atom. The van der Waals surface area contributed by atoms with Crippen LogP contribution in [0.25, 0.3) is 0 Å². The third-order valence-corrected chi connectivity index (χ3v) is 5.55. The lowest BCUT2D eigenvalue weighted by Crippen LogP contribution is -2.13. The number of nitrogens with zero attached hydrogens (tertiary/aromatic N) is 1. The van der Waals surface area contributed by atoms with Crippen LogP contribution in [-0.2, 0) is 6.42 Å². The molecule has 1 heterocycles. The fourth-order valence-corrected chi connectivity index (χ4v) is 3.88. The van der Waals surface area contributed by atoms with E-state index >= 15 is 0 Å². The number of carbonyl (C=O) groups excluding carboxylic acids is 1. The highest BCUT2D eigenvalue weighted by Crippen LogP contribution is 2.26. The van der Waals surface area contributed by atoms with E-state index in [0.29, 0.717) is 22.7 Å². The number of anilines is 1. The first-order chi connectivity index (χ1) is 11.5. The predicted octanol–water partition coefficient (Wildman–Crippen LogP) is 5.04. The average Bonchev–Trinajstić information content (AvgIpc) is 2.89. The number of hydrogen-bond acceptors (Lipinski definition) is 3. The molecule has 3 nitrogen and oxygen atoms in total. The van der Waals surface area contributed by atoms with Crippen LogP contribution in [0, 0.1) is 16.3 Å². The molecule has 1 aromatic heterocycles. The van der Waals surface area contributed by atoms with Crippen molar-refractivity contribution in [3.8, 4) is 0 Å². The molecule has 3 aromatic rings. The lowest BCUT2D eigenvalue weighted by atomic mass is 10.1. The van der Waals surface area contributed by atoms with Crippen molar-refractivity contribution in [1.29, 1.82) is 0 Å². The van der Waals surface area contributed by atoms with Crippen molar-refractivity contribution in [3.05, 3.63) is 79.6 Å². The molecule has 0 saturated heterocycles. The Hall–Kier alpha value is -1.80. The predicted molar refractivity (Wildman–Crippen MR) is 103 cm³/mol. The maximum atomic E-state index is 13.8. The molecule has 0 bridgehead atoms. The van der Waals surface area contributed by atoms with Crippen LogP contribution in [0.1, 0.15) is 26.5 Å². The van der Waals surface area contributed by atoms with Crippen molar-refractivity contribution in [2.24, 2.45) is 0 Å². The van der Waals surface area contributed by atoms with E-state index in [1.54, 1.807) is 18.2 Å². The number of thiazole rings is 1. The molecule has 0 aliphatic carbocycles. The Kier molecular flexibility index (Phi) is 5.25. The van der Waals surface area contributed by atoms with Crippen LogP contribution in [0.2, 0.25) is 0 Å². The highest BCUT2D eigenvalue weighted by Gasteiger charge is 2.14. The first-order valence-electron chi connectivity index (χ1n) is 7.30. The number of rotatable bonds is 4. The van der Waals surface area contributed by atoms with Gasteiger partial charge in [-0.2, -0.15) is 0 Å². The number of halogens is 2. The number of benzene rings is 2. The minimum Gasteiger partial charge on any atom is -0.298 e. The molecule has 0 spiro atoms. The molecule has 0 fully saturated rings. The standard InChI is InChI=1S/C18H14FIN2OS/c1-11-16(10-12-6-2-4-8-14(12)19)24-18(21-11)22-17(23)13-7-3-5-9-15(13)20/h2-9H,10H2,1H3,(H,21,22,23). The summed E-state index contributed by atoms with van der Waals surface area (Å²) in [7, 11) is 0. The van der Waals surface area contributed by atoms with E-state index in [1.165, 1.54) is 17.4 Å². The normalized spacial score (nSPS) is 10.6. The van der Waals surface area contributed by atoms with E-state index in [9.17, 15) is 9.18 Å². The number of aromatic nitrogens is 1. The average molecular weight is 452 g/mol. The Labute approximate surface area is 157 Å². The molecule has 2 aromatic carbocycles. The summed E-state index contributed by atoms with van der Waals surface area (Å²) in [4.78, 5) is 17.7. The Bertz CT molecular complexity index is 894. The summed E-state index contributed by atoms with van der Waals surface area (Å²) >= 11 is 3.51. The zero-order valence-electron chi connectivity index (χ0n) is 12.8. The summed E-state index contributed by atoms with van der Waals surface area (Å²) in [6.07, 6.45) is 0.467. The molecule has 0 unspecified atom stereocenters. The van der Waals surface area contributed by atoms with Crippen LogP contribution in [0.15, 0.2) is 48.5 Å². The van der Waals surface area contributed by atoms with Crippen molar-refractivity contribution in [2.45, 2.75) is 13.3 Å². The maximum absolute atomic E-state index is 13.8. The monoisotopic (exact) mass is 452 g/mol. The lowest BCUT2D eigenvalue weighted by Gasteiger charge is -2.03. The molecule has 24 heavy (non-hydrogen) atoms. The van der Waals surface area contributed by atoms with Gasteiger partial charge in [0, 0.05) is 14.9 Å². The van der Waals surface area contributed by atoms with Crippen LogP contribution >= 0.6 is 33.9 Å². The largest absolute Gasteiger partial charge is 0.298 e. The van der Waals surface area contributed by atoms with Crippen LogP contribution < -0.4 is 5.32 Å². The number of aryl methyl sites for hydroxylation is 1. The summed E-state index contributed by atoms with van der Waals surface area (Å²) in [5.41, 5.74) is 2.04. The lowest BCUT2D eigenvalue weighted by molar-refractivity contribution is 0.102. The van der Waals surface area contributed by atoms with E-state index < -0.39 is 0 Å². The van der Waals surface area contributed by atoms with E-state index in [4.69, 9.17) is 0 Å². The number of hydrogen-bond donors (Lipinski definition) is 1. The summed E-state index contributed by atoms with van der Waals surface area (Å²) in [5, 5.41) is 3.36. The molecule has 0 aliphatic heterocycles. The highest BCUT2D eigenvalue weighted by atomic mass is 127. The molecular formula is C18H14FIN2OS. The summed E-state index contributed by atoms with van der Waals surface area (Å²) in [6.45, 7) is 1.87. The fraction of sp³-hybridized carbons (Fsp3) is 0.111. The molecule has 0 saturated carbocycles. The van der Waals surface area contributed by atoms with Gasteiger partial charge < -0.3 is 0 Å². The molecule has 122 valence electrons. The molecule has 1 N–H and O–H groups in total. The molecule has 1 amide bonds. The summed E-state index contributed by atoms with van der Waals surface area (Å²) < 4.78 is 14.7. The van der Waals surface area contributed by atoms with E-state index in [0.717, 1.165) is 14.1 Å². The van der Waals surface area contributed by atoms with Gasteiger partial charge in [0.2, 0.25) is 0 Å². The first kappa shape index (κ1) is 17.0. The maximum Gasteiger partial charge on any atom is 0.258 e. The van der Waals surface area contributed by atoms with E-state index in [1.807, 2.05) is 31.2 Å². The molecule has 0 aliphatic rings. The molecule has 0 radical (unpaired) electrons. The zero-order valence-corrected chi connectivity index (χ0v) is 15.8. The number of carbonyl (C=O) groups is 1. The second-order valence-electron chi connectivity index (χ2n) is 5.23. The van der Waals surface area contributed by atoms with Gasteiger partial charge in [-0.05, 0) is 53.3 Å². The Balaban J connectivity index is 1.78. The van der Waals surface area contributed by atoms with Gasteiger partial charge in [-0.1, -0.05) is 30.3 Å². The second-order valence-corrected chi connectivity index (χ2v) is 7.48. The fourth-order valence-electron chi connectivity index (χ4n) is 2.27. The third kappa shape index (κ3) is 3.81. The zero-order chi connectivity index (χ0) is 17.1. The van der Waals surface area contributed by atoms with Gasteiger partial charge in [0.1, 0.15) is 5.82 Å². The number of amides is 1. The van der Waals surface area contributed by atoms with Crippen molar-refractivity contribution in [2.75, 3.05) is 5.32 Å². The van der Waals surface area contributed by atoms with Crippen molar-refractivity contribution < 1.29 is 9.18 Å². The quantitative estimate of drug-likeness (QED) is 0.564. The topological polar surface area (TPSA) is 42.0 Å².